The number of hydrogen-bond acceptors (Lipinski definition) is 2. The minimum atomic E-state index is 0.377. The number of carbonyl (C=O) groups excluding carboxylic acids is 1. The van der Waals surface area contributed by atoms with Gasteiger partial charge in [0, 0.05) is 18.5 Å². The molecule has 108 valence electrons. The van der Waals surface area contributed by atoms with E-state index in [0.29, 0.717) is 17.9 Å². The molecule has 0 aromatic carbocycles. The second-order valence-electron chi connectivity index (χ2n) is 6.66. The lowest BCUT2D eigenvalue weighted by Crippen LogP contribution is -2.50. The van der Waals surface area contributed by atoms with E-state index in [0.717, 1.165) is 38.4 Å². The first-order chi connectivity index (χ1) is 9.36. The van der Waals surface area contributed by atoms with Crippen LogP contribution < -0.4 is 5.32 Å². The number of piperidine rings is 1. The molecular weight excluding hydrogens is 236 g/mol. The molecule has 3 fully saturated rings. The van der Waals surface area contributed by atoms with Crippen LogP contribution >= 0.6 is 0 Å². The zero-order valence-electron chi connectivity index (χ0n) is 12.1. The molecule has 19 heavy (non-hydrogen) atoms. The minimum Gasteiger partial charge on any atom is -0.339 e. The maximum atomic E-state index is 12.7. The molecule has 2 heterocycles. The molecule has 0 aromatic rings. The van der Waals surface area contributed by atoms with Crippen LogP contribution in [-0.4, -0.2) is 36.5 Å². The van der Waals surface area contributed by atoms with Crippen molar-refractivity contribution in [3.63, 3.8) is 0 Å². The van der Waals surface area contributed by atoms with E-state index < -0.39 is 0 Å². The van der Waals surface area contributed by atoms with Crippen LogP contribution in [0.2, 0.25) is 0 Å². The van der Waals surface area contributed by atoms with Gasteiger partial charge in [0.15, 0.2) is 0 Å². The maximum Gasteiger partial charge on any atom is 0.225 e. The molecule has 3 nitrogen and oxygen atoms in total. The fourth-order valence-electron chi connectivity index (χ4n) is 4.02. The van der Waals surface area contributed by atoms with Crippen molar-refractivity contribution in [2.24, 2.45) is 11.8 Å². The summed E-state index contributed by atoms with van der Waals surface area (Å²) in [7, 11) is 0. The molecule has 0 aromatic heterocycles. The van der Waals surface area contributed by atoms with Crippen LogP contribution in [0.4, 0.5) is 0 Å². The Bertz CT molecular complexity index is 308. The molecule has 0 spiro atoms. The van der Waals surface area contributed by atoms with Gasteiger partial charge < -0.3 is 10.2 Å². The van der Waals surface area contributed by atoms with Crippen molar-refractivity contribution in [3.8, 4) is 0 Å². The van der Waals surface area contributed by atoms with E-state index in [-0.39, 0.29) is 0 Å². The smallest absolute Gasteiger partial charge is 0.225 e. The van der Waals surface area contributed by atoms with E-state index in [4.69, 9.17) is 0 Å². The van der Waals surface area contributed by atoms with E-state index in [1.165, 1.54) is 44.9 Å². The average molecular weight is 264 g/mol. The molecule has 1 amide bonds. The van der Waals surface area contributed by atoms with Gasteiger partial charge in [-0.25, -0.2) is 0 Å². The van der Waals surface area contributed by atoms with Gasteiger partial charge in [-0.3, -0.25) is 4.79 Å². The Labute approximate surface area is 117 Å². The highest BCUT2D eigenvalue weighted by atomic mass is 16.2. The molecule has 1 saturated carbocycles. The van der Waals surface area contributed by atoms with Crippen molar-refractivity contribution in [2.45, 2.75) is 63.8 Å². The number of carbonyl (C=O) groups is 1. The molecule has 3 rings (SSSR count). The van der Waals surface area contributed by atoms with Crippen molar-refractivity contribution in [3.05, 3.63) is 0 Å². The predicted octanol–water partition coefficient (Wildman–Crippen LogP) is 2.56. The zero-order chi connectivity index (χ0) is 13.1. The second-order valence-corrected chi connectivity index (χ2v) is 6.66. The minimum absolute atomic E-state index is 0.377. The second kappa shape index (κ2) is 6.25. The van der Waals surface area contributed by atoms with Crippen LogP contribution in [-0.2, 0) is 4.79 Å². The molecule has 2 saturated heterocycles. The number of nitrogens with one attached hydrogen (secondary N) is 1. The van der Waals surface area contributed by atoms with E-state index in [9.17, 15) is 4.79 Å². The lowest BCUT2D eigenvalue weighted by Gasteiger charge is -2.41. The molecule has 3 heteroatoms. The standard InChI is InChI=1S/C16H28N2O/c19-16(14-5-4-6-14)18-12-3-1-2-7-15(18)13-8-10-17-11-9-13/h13-15,17H,1-12H2. The van der Waals surface area contributed by atoms with Crippen LogP contribution in [0.1, 0.15) is 57.8 Å². The molecule has 2 aliphatic heterocycles. The summed E-state index contributed by atoms with van der Waals surface area (Å²) < 4.78 is 0. The van der Waals surface area contributed by atoms with E-state index in [1.807, 2.05) is 0 Å². The largest absolute Gasteiger partial charge is 0.339 e. The molecular formula is C16H28N2O. The first kappa shape index (κ1) is 13.4. The monoisotopic (exact) mass is 264 g/mol. The first-order valence-electron chi connectivity index (χ1n) is 8.37. The zero-order valence-corrected chi connectivity index (χ0v) is 12.1. The summed E-state index contributed by atoms with van der Waals surface area (Å²) in [6.45, 7) is 3.32. The van der Waals surface area contributed by atoms with Crippen LogP contribution in [0, 0.1) is 11.8 Å². The number of hydrogen-bond donors (Lipinski definition) is 1. The summed E-state index contributed by atoms with van der Waals surface area (Å²) in [6, 6.07) is 0.553. The van der Waals surface area contributed by atoms with E-state index >= 15 is 0 Å². The highest BCUT2D eigenvalue weighted by Crippen LogP contribution is 2.34. The predicted molar refractivity (Wildman–Crippen MR) is 76.9 cm³/mol. The van der Waals surface area contributed by atoms with Gasteiger partial charge in [0.25, 0.3) is 0 Å². The number of likely N-dealkylation sites (tertiary alicyclic amines) is 1. The lowest BCUT2D eigenvalue weighted by molar-refractivity contribution is -0.142. The fourth-order valence-corrected chi connectivity index (χ4v) is 4.02. The molecule has 1 aliphatic carbocycles. The summed E-state index contributed by atoms with van der Waals surface area (Å²) in [4.78, 5) is 15.0. The fraction of sp³-hybridized carbons (Fsp3) is 0.938. The van der Waals surface area contributed by atoms with Crippen LogP contribution in [0.3, 0.4) is 0 Å². The molecule has 0 radical (unpaired) electrons. The SMILES string of the molecule is O=C(C1CCC1)N1CCCCCC1C1CCNCC1. The Hall–Kier alpha value is -0.570. The Balaban J connectivity index is 1.69. The van der Waals surface area contributed by atoms with Gasteiger partial charge in [0.05, 0.1) is 0 Å². The highest BCUT2D eigenvalue weighted by Gasteiger charge is 2.36. The van der Waals surface area contributed by atoms with Gasteiger partial charge in [-0.1, -0.05) is 19.3 Å². The van der Waals surface area contributed by atoms with Gasteiger partial charge in [0.1, 0.15) is 0 Å². The Morgan fingerprint density at radius 1 is 0.895 bits per heavy atom. The molecule has 3 aliphatic rings. The van der Waals surface area contributed by atoms with Crippen molar-refractivity contribution in [1.29, 1.82) is 0 Å². The number of amides is 1. The third-order valence-electron chi connectivity index (χ3n) is 5.46. The molecule has 1 N–H and O–H groups in total. The van der Waals surface area contributed by atoms with Gasteiger partial charge in [0.2, 0.25) is 5.91 Å². The van der Waals surface area contributed by atoms with Crippen LogP contribution in [0.25, 0.3) is 0 Å². The van der Waals surface area contributed by atoms with Gasteiger partial charge >= 0.3 is 0 Å². The normalized spacial score (nSPS) is 30.7. The van der Waals surface area contributed by atoms with Crippen molar-refractivity contribution < 1.29 is 4.79 Å². The highest BCUT2D eigenvalue weighted by molar-refractivity contribution is 5.80. The van der Waals surface area contributed by atoms with E-state index in [2.05, 4.69) is 10.2 Å². The van der Waals surface area contributed by atoms with Gasteiger partial charge in [-0.2, -0.15) is 0 Å². The summed E-state index contributed by atoms with van der Waals surface area (Å²) in [6.07, 6.45) is 11.2. The number of rotatable bonds is 2. The average Bonchev–Trinajstić information content (AvgIpc) is 2.63. The van der Waals surface area contributed by atoms with Gasteiger partial charge in [-0.05, 0) is 57.5 Å². The summed E-state index contributed by atoms with van der Waals surface area (Å²) >= 11 is 0. The molecule has 1 atom stereocenters. The lowest BCUT2D eigenvalue weighted by atomic mass is 9.82. The Kier molecular flexibility index (Phi) is 4.42. The van der Waals surface area contributed by atoms with Crippen molar-refractivity contribution in [1.82, 2.24) is 10.2 Å². The Morgan fingerprint density at radius 2 is 1.68 bits per heavy atom. The first-order valence-corrected chi connectivity index (χ1v) is 8.37. The maximum absolute atomic E-state index is 12.7. The number of nitrogens with zero attached hydrogens (tertiary/aromatic N) is 1. The quantitative estimate of drug-likeness (QED) is 0.831. The summed E-state index contributed by atoms with van der Waals surface area (Å²) in [5.74, 6) is 1.63. The summed E-state index contributed by atoms with van der Waals surface area (Å²) in [5.41, 5.74) is 0. The topological polar surface area (TPSA) is 32.3 Å². The molecule has 0 bridgehead atoms. The van der Waals surface area contributed by atoms with Gasteiger partial charge in [-0.15, -0.1) is 0 Å². The third-order valence-corrected chi connectivity index (χ3v) is 5.46. The van der Waals surface area contributed by atoms with Crippen LogP contribution in [0.15, 0.2) is 0 Å². The summed E-state index contributed by atoms with van der Waals surface area (Å²) in [5, 5.41) is 3.46. The third kappa shape index (κ3) is 2.96. The Morgan fingerprint density at radius 3 is 2.37 bits per heavy atom. The van der Waals surface area contributed by atoms with E-state index in [1.54, 1.807) is 0 Å². The van der Waals surface area contributed by atoms with Crippen LogP contribution in [0.5, 0.6) is 0 Å². The van der Waals surface area contributed by atoms with Crippen molar-refractivity contribution in [2.75, 3.05) is 19.6 Å². The molecule has 1 unspecified atom stereocenters. The van der Waals surface area contributed by atoms with Crippen molar-refractivity contribution >= 4 is 5.91 Å².